The zero-order valence-corrected chi connectivity index (χ0v) is 19.0. The minimum Gasteiger partial charge on any atom is -0.454 e. The van der Waals surface area contributed by atoms with Gasteiger partial charge in [-0.25, -0.2) is 0 Å². The predicted molar refractivity (Wildman–Crippen MR) is 122 cm³/mol. The second-order valence-corrected chi connectivity index (χ2v) is 9.37. The van der Waals surface area contributed by atoms with Crippen LogP contribution < -0.4 is 25.8 Å². The summed E-state index contributed by atoms with van der Waals surface area (Å²) in [5, 5.41) is 6.08. The fourth-order valence-corrected chi connectivity index (χ4v) is 5.90. The van der Waals surface area contributed by atoms with Gasteiger partial charge in [-0.1, -0.05) is 25.1 Å². The molecule has 6 rings (SSSR count). The van der Waals surface area contributed by atoms with E-state index in [1.807, 2.05) is 25.1 Å². The van der Waals surface area contributed by atoms with Gasteiger partial charge in [0.25, 0.3) is 0 Å². The summed E-state index contributed by atoms with van der Waals surface area (Å²) in [5.41, 5.74) is 6.93. The summed E-state index contributed by atoms with van der Waals surface area (Å²) in [6.07, 6.45) is 0.565. The molecular weight excluding hydrogens is 452 g/mol. The van der Waals surface area contributed by atoms with Crippen LogP contribution in [0, 0.1) is 11.8 Å². The summed E-state index contributed by atoms with van der Waals surface area (Å²) < 4.78 is 10.8. The van der Waals surface area contributed by atoms with Crippen LogP contribution in [0.3, 0.4) is 0 Å². The van der Waals surface area contributed by atoms with Gasteiger partial charge in [-0.2, -0.15) is 0 Å². The number of benzene rings is 2. The lowest BCUT2D eigenvalue weighted by molar-refractivity contribution is -0.143. The summed E-state index contributed by atoms with van der Waals surface area (Å²) in [6, 6.07) is 10.1. The van der Waals surface area contributed by atoms with E-state index in [2.05, 4.69) is 10.6 Å². The Bertz CT molecular complexity index is 1310. The number of primary amides is 1. The van der Waals surface area contributed by atoms with Crippen LogP contribution in [0.15, 0.2) is 36.4 Å². The van der Waals surface area contributed by atoms with Crippen LogP contribution >= 0.6 is 0 Å². The number of nitrogens with two attached hydrogens (primary N) is 1. The Kier molecular flexibility index (Phi) is 4.65. The molecule has 10 heteroatoms. The van der Waals surface area contributed by atoms with Gasteiger partial charge in [0.2, 0.25) is 30.4 Å². The topological polar surface area (TPSA) is 140 Å². The Labute approximate surface area is 200 Å². The number of amides is 4. The number of imide groups is 1. The summed E-state index contributed by atoms with van der Waals surface area (Å²) in [4.78, 5) is 54.0. The van der Waals surface area contributed by atoms with Crippen molar-refractivity contribution >= 4 is 29.3 Å². The van der Waals surface area contributed by atoms with Gasteiger partial charge < -0.3 is 20.5 Å². The minimum atomic E-state index is -1.46. The average Bonchev–Trinajstić information content (AvgIpc) is 3.55. The van der Waals surface area contributed by atoms with Gasteiger partial charge in [0.15, 0.2) is 11.5 Å². The van der Waals surface area contributed by atoms with Gasteiger partial charge in [0.1, 0.15) is 5.54 Å². The van der Waals surface area contributed by atoms with Crippen molar-refractivity contribution in [1.82, 2.24) is 10.2 Å². The molecular formula is C25H24N4O6. The van der Waals surface area contributed by atoms with Crippen molar-refractivity contribution in [2.24, 2.45) is 17.6 Å². The summed E-state index contributed by atoms with van der Waals surface area (Å²) >= 11 is 0. The number of aryl methyl sites for hydroxylation is 1. The lowest BCUT2D eigenvalue weighted by atomic mass is 9.76. The van der Waals surface area contributed by atoms with Crippen molar-refractivity contribution < 1.29 is 28.7 Å². The third-order valence-electron chi connectivity index (χ3n) is 7.48. The molecule has 4 aliphatic rings. The molecule has 4 aliphatic heterocycles. The third-order valence-corrected chi connectivity index (χ3v) is 7.48. The number of likely N-dealkylation sites (tertiary alicyclic amines) is 1. The minimum absolute atomic E-state index is 0.0180. The molecule has 4 N–H and O–H groups in total. The van der Waals surface area contributed by atoms with Gasteiger partial charge in [-0.3, -0.25) is 29.4 Å². The molecule has 0 aliphatic carbocycles. The van der Waals surface area contributed by atoms with E-state index in [9.17, 15) is 19.2 Å². The summed E-state index contributed by atoms with van der Waals surface area (Å²) in [5.74, 6) is -2.67. The first-order valence-electron chi connectivity index (χ1n) is 11.6. The normalized spacial score (nSPS) is 28.0. The number of nitrogens with one attached hydrogen (secondary N) is 2. The molecule has 0 radical (unpaired) electrons. The molecule has 0 bridgehead atoms. The number of carbonyl (C=O) groups excluding carboxylic acids is 4. The maximum Gasteiger partial charge on any atom is 0.250 e. The zero-order valence-electron chi connectivity index (χ0n) is 19.0. The van der Waals surface area contributed by atoms with E-state index in [1.54, 1.807) is 18.2 Å². The molecule has 0 aromatic heterocycles. The number of rotatable bonds is 5. The average molecular weight is 476 g/mol. The Morgan fingerprint density at radius 3 is 2.63 bits per heavy atom. The summed E-state index contributed by atoms with van der Waals surface area (Å²) in [7, 11) is 0. The zero-order chi connectivity index (χ0) is 24.5. The molecule has 1 spiro atoms. The molecule has 35 heavy (non-hydrogen) atoms. The van der Waals surface area contributed by atoms with Crippen LogP contribution in [0.1, 0.15) is 30.0 Å². The maximum atomic E-state index is 13.9. The van der Waals surface area contributed by atoms with Gasteiger partial charge in [-0.15, -0.1) is 0 Å². The largest absolute Gasteiger partial charge is 0.454 e. The highest BCUT2D eigenvalue weighted by atomic mass is 16.7. The van der Waals surface area contributed by atoms with Crippen molar-refractivity contribution in [3.8, 4) is 11.5 Å². The van der Waals surface area contributed by atoms with Crippen LogP contribution in [0.2, 0.25) is 0 Å². The Hall–Kier alpha value is -3.92. The van der Waals surface area contributed by atoms with Gasteiger partial charge in [-0.05, 0) is 35.7 Å². The van der Waals surface area contributed by atoms with E-state index >= 15 is 0 Å². The SMILES string of the molecule is CCc1ccc2c(c1)[C@]1(N[C@@H](CC(N)=O)[C@H]3C(=O)N(Cc4ccc5c(c4)OCO5)C(=O)[C@@H]31)C(=O)N2. The monoisotopic (exact) mass is 476 g/mol. The molecule has 10 nitrogen and oxygen atoms in total. The lowest BCUT2D eigenvalue weighted by Gasteiger charge is -2.29. The Morgan fingerprint density at radius 1 is 1.09 bits per heavy atom. The standard InChI is InChI=1S/C25H24N4O6/c1-2-12-3-5-15-14(7-12)25(24(33)27-15)21-20(16(28-25)9-19(26)30)22(31)29(23(21)32)10-13-4-6-17-18(8-13)35-11-34-17/h3-8,16,20-21,28H,2,9-11H2,1H3,(H2,26,30)(H,27,33)/t16-,20+,21+,25+/m0/s1. The predicted octanol–water partition coefficient (Wildman–Crippen LogP) is 0.774. The summed E-state index contributed by atoms with van der Waals surface area (Å²) in [6.45, 7) is 2.13. The van der Waals surface area contributed by atoms with Crippen molar-refractivity contribution in [3.05, 3.63) is 53.1 Å². The van der Waals surface area contributed by atoms with Crippen LogP contribution in [-0.4, -0.2) is 41.4 Å². The van der Waals surface area contributed by atoms with Crippen LogP contribution in [0.5, 0.6) is 11.5 Å². The first-order valence-corrected chi connectivity index (χ1v) is 11.6. The highest BCUT2D eigenvalue weighted by molar-refractivity contribution is 6.15. The smallest absolute Gasteiger partial charge is 0.250 e. The molecule has 2 fully saturated rings. The van der Waals surface area contributed by atoms with E-state index < -0.39 is 47.0 Å². The Morgan fingerprint density at radius 2 is 1.86 bits per heavy atom. The van der Waals surface area contributed by atoms with Gasteiger partial charge >= 0.3 is 0 Å². The fourth-order valence-electron chi connectivity index (χ4n) is 5.90. The number of fused-ring (bicyclic) bond motifs is 5. The van der Waals surface area contributed by atoms with E-state index in [4.69, 9.17) is 15.2 Å². The second kappa shape index (κ2) is 7.54. The third kappa shape index (κ3) is 2.99. The fraction of sp³-hybridized carbons (Fsp3) is 0.360. The molecule has 2 saturated heterocycles. The first-order chi connectivity index (χ1) is 16.8. The van der Waals surface area contributed by atoms with E-state index in [0.717, 1.165) is 12.0 Å². The van der Waals surface area contributed by atoms with E-state index in [-0.39, 0.29) is 19.8 Å². The Balaban J connectivity index is 1.42. The van der Waals surface area contributed by atoms with E-state index in [0.29, 0.717) is 28.3 Å². The molecule has 2 aromatic carbocycles. The van der Waals surface area contributed by atoms with Crippen LogP contribution in [0.4, 0.5) is 5.69 Å². The highest BCUT2D eigenvalue weighted by Gasteiger charge is 2.70. The number of anilines is 1. The number of hydrogen-bond donors (Lipinski definition) is 3. The molecule has 0 saturated carbocycles. The number of hydrogen-bond acceptors (Lipinski definition) is 7. The molecule has 180 valence electrons. The molecule has 4 amide bonds. The van der Waals surface area contributed by atoms with E-state index in [1.165, 1.54) is 4.90 Å². The number of ether oxygens (including phenoxy) is 2. The lowest BCUT2D eigenvalue weighted by Crippen LogP contribution is -2.53. The quantitative estimate of drug-likeness (QED) is 0.542. The second-order valence-electron chi connectivity index (χ2n) is 9.37. The van der Waals surface area contributed by atoms with Crippen LogP contribution in [0.25, 0.3) is 0 Å². The number of carbonyl (C=O) groups is 4. The molecule has 2 aromatic rings. The maximum absolute atomic E-state index is 13.9. The van der Waals surface area contributed by atoms with Crippen molar-refractivity contribution in [2.45, 2.75) is 37.9 Å². The highest BCUT2D eigenvalue weighted by Crippen LogP contribution is 2.53. The van der Waals surface area contributed by atoms with Gasteiger partial charge in [0, 0.05) is 23.7 Å². The van der Waals surface area contributed by atoms with Crippen LogP contribution in [-0.2, 0) is 37.7 Å². The van der Waals surface area contributed by atoms with Crippen molar-refractivity contribution in [3.63, 3.8) is 0 Å². The van der Waals surface area contributed by atoms with Crippen molar-refractivity contribution in [1.29, 1.82) is 0 Å². The molecule has 4 atom stereocenters. The molecule has 0 unspecified atom stereocenters. The first kappa shape index (κ1) is 21.6. The van der Waals surface area contributed by atoms with Gasteiger partial charge in [0.05, 0.1) is 18.4 Å². The number of nitrogens with zero attached hydrogens (tertiary/aromatic N) is 1. The van der Waals surface area contributed by atoms with Crippen molar-refractivity contribution in [2.75, 3.05) is 12.1 Å². The molecule has 4 heterocycles.